The number of nitrogens with zero attached hydrogens (tertiary/aromatic N) is 1. The molecular weight excluding hydrogens is 238 g/mol. The minimum Gasteiger partial charge on any atom is -0.469 e. The average molecular weight is 256 g/mol. The van der Waals surface area contributed by atoms with E-state index >= 15 is 0 Å². The highest BCUT2D eigenvalue weighted by molar-refractivity contribution is 6.21. The van der Waals surface area contributed by atoms with Crippen LogP contribution in [-0.4, -0.2) is 29.8 Å². The first kappa shape index (κ1) is 12.5. The zero-order valence-electron chi connectivity index (χ0n) is 10.1. The Bertz CT molecular complexity index is 358. The number of halogens is 1. The van der Waals surface area contributed by atoms with Crippen LogP contribution in [0.1, 0.15) is 25.0 Å². The SMILES string of the molecule is CN(CC1CC(Cl)C1)C(=O)CCc1ccco1. The molecule has 0 atom stereocenters. The number of amides is 1. The van der Waals surface area contributed by atoms with Crippen molar-refractivity contribution in [3.05, 3.63) is 24.2 Å². The van der Waals surface area contributed by atoms with Crippen LogP contribution in [0.3, 0.4) is 0 Å². The van der Waals surface area contributed by atoms with Gasteiger partial charge in [-0.2, -0.15) is 0 Å². The van der Waals surface area contributed by atoms with Crippen molar-refractivity contribution in [1.82, 2.24) is 4.90 Å². The second-order valence-corrected chi connectivity index (χ2v) is 5.41. The van der Waals surface area contributed by atoms with Crippen LogP contribution >= 0.6 is 11.6 Å². The maximum atomic E-state index is 11.8. The number of furan rings is 1. The first-order chi connectivity index (χ1) is 8.15. The molecule has 2 rings (SSSR count). The van der Waals surface area contributed by atoms with Gasteiger partial charge in [0.2, 0.25) is 5.91 Å². The van der Waals surface area contributed by atoms with E-state index in [1.807, 2.05) is 24.1 Å². The van der Waals surface area contributed by atoms with E-state index in [-0.39, 0.29) is 5.91 Å². The Morgan fingerprint density at radius 3 is 2.94 bits per heavy atom. The first-order valence-electron chi connectivity index (χ1n) is 6.05. The molecule has 1 amide bonds. The summed E-state index contributed by atoms with van der Waals surface area (Å²) < 4.78 is 5.20. The fourth-order valence-corrected chi connectivity index (χ4v) is 2.67. The standard InChI is InChI=1S/C13H18ClNO2/c1-15(9-10-7-11(14)8-10)13(16)5-4-12-3-2-6-17-12/h2-3,6,10-11H,4-5,7-9H2,1H3. The lowest BCUT2D eigenvalue weighted by molar-refractivity contribution is -0.130. The smallest absolute Gasteiger partial charge is 0.222 e. The summed E-state index contributed by atoms with van der Waals surface area (Å²) >= 11 is 5.92. The number of hydrogen-bond donors (Lipinski definition) is 0. The molecule has 0 radical (unpaired) electrons. The molecule has 0 N–H and O–H groups in total. The van der Waals surface area contributed by atoms with E-state index in [0.29, 0.717) is 24.1 Å². The van der Waals surface area contributed by atoms with Crippen LogP contribution in [0.25, 0.3) is 0 Å². The zero-order valence-corrected chi connectivity index (χ0v) is 10.8. The van der Waals surface area contributed by atoms with Gasteiger partial charge in [0.15, 0.2) is 0 Å². The normalized spacial score (nSPS) is 23.2. The van der Waals surface area contributed by atoms with Crippen LogP contribution in [0, 0.1) is 5.92 Å². The lowest BCUT2D eigenvalue weighted by Crippen LogP contribution is -2.37. The highest BCUT2D eigenvalue weighted by Crippen LogP contribution is 2.32. The predicted octanol–water partition coefficient (Wildman–Crippen LogP) is 2.69. The number of rotatable bonds is 5. The fraction of sp³-hybridized carbons (Fsp3) is 0.615. The summed E-state index contributed by atoms with van der Waals surface area (Å²) in [6, 6.07) is 3.75. The third kappa shape index (κ3) is 3.50. The second kappa shape index (κ2) is 5.58. The van der Waals surface area contributed by atoms with Gasteiger partial charge < -0.3 is 9.32 Å². The van der Waals surface area contributed by atoms with Crippen LogP contribution in [0.2, 0.25) is 0 Å². The summed E-state index contributed by atoms with van der Waals surface area (Å²) in [5, 5.41) is 0.326. The van der Waals surface area contributed by atoms with E-state index in [1.54, 1.807) is 6.26 Å². The second-order valence-electron chi connectivity index (χ2n) is 4.79. The minimum absolute atomic E-state index is 0.180. The Morgan fingerprint density at radius 2 is 2.35 bits per heavy atom. The van der Waals surface area contributed by atoms with Crippen molar-refractivity contribution >= 4 is 17.5 Å². The Morgan fingerprint density at radius 1 is 1.59 bits per heavy atom. The van der Waals surface area contributed by atoms with E-state index < -0.39 is 0 Å². The van der Waals surface area contributed by atoms with Gasteiger partial charge in [-0.1, -0.05) is 0 Å². The average Bonchev–Trinajstić information content (AvgIpc) is 2.76. The van der Waals surface area contributed by atoms with Crippen LogP contribution in [0.4, 0.5) is 0 Å². The van der Waals surface area contributed by atoms with E-state index in [0.717, 1.165) is 25.1 Å². The summed E-state index contributed by atoms with van der Waals surface area (Å²) in [6.45, 7) is 0.834. The van der Waals surface area contributed by atoms with Gasteiger partial charge in [0.05, 0.1) is 6.26 Å². The van der Waals surface area contributed by atoms with Gasteiger partial charge in [0, 0.05) is 31.8 Å². The van der Waals surface area contributed by atoms with Crippen molar-refractivity contribution in [1.29, 1.82) is 0 Å². The Hall–Kier alpha value is -0.960. The largest absolute Gasteiger partial charge is 0.469 e. The summed E-state index contributed by atoms with van der Waals surface area (Å²) in [5.41, 5.74) is 0. The van der Waals surface area contributed by atoms with Crippen LogP contribution in [0.15, 0.2) is 22.8 Å². The topological polar surface area (TPSA) is 33.5 Å². The monoisotopic (exact) mass is 255 g/mol. The Labute approximate surface area is 107 Å². The van der Waals surface area contributed by atoms with Crippen molar-refractivity contribution in [2.75, 3.05) is 13.6 Å². The van der Waals surface area contributed by atoms with Crippen molar-refractivity contribution < 1.29 is 9.21 Å². The summed E-state index contributed by atoms with van der Waals surface area (Å²) in [6.07, 6.45) is 4.91. The van der Waals surface area contributed by atoms with Crippen LogP contribution in [-0.2, 0) is 11.2 Å². The lowest BCUT2D eigenvalue weighted by atomic mass is 9.84. The summed E-state index contributed by atoms with van der Waals surface area (Å²) in [4.78, 5) is 13.7. The van der Waals surface area contributed by atoms with Gasteiger partial charge in [0.1, 0.15) is 5.76 Å². The van der Waals surface area contributed by atoms with E-state index in [2.05, 4.69) is 0 Å². The fourth-order valence-electron chi connectivity index (χ4n) is 2.17. The van der Waals surface area contributed by atoms with E-state index in [4.69, 9.17) is 16.0 Å². The number of carbonyl (C=O) groups excluding carboxylic acids is 1. The molecule has 0 aliphatic heterocycles. The molecule has 94 valence electrons. The predicted molar refractivity (Wildman–Crippen MR) is 67.0 cm³/mol. The van der Waals surface area contributed by atoms with Crippen LogP contribution < -0.4 is 0 Å². The zero-order chi connectivity index (χ0) is 12.3. The number of hydrogen-bond acceptors (Lipinski definition) is 2. The number of carbonyl (C=O) groups is 1. The van der Waals surface area contributed by atoms with Crippen molar-refractivity contribution in [3.8, 4) is 0 Å². The highest BCUT2D eigenvalue weighted by atomic mass is 35.5. The van der Waals surface area contributed by atoms with Gasteiger partial charge in [-0.3, -0.25) is 4.79 Å². The summed E-state index contributed by atoms with van der Waals surface area (Å²) in [7, 11) is 1.87. The molecule has 4 heteroatoms. The van der Waals surface area contributed by atoms with Gasteiger partial charge in [0.25, 0.3) is 0 Å². The van der Waals surface area contributed by atoms with Gasteiger partial charge >= 0.3 is 0 Å². The number of alkyl halides is 1. The third-order valence-electron chi connectivity index (χ3n) is 3.30. The molecule has 0 bridgehead atoms. The quantitative estimate of drug-likeness (QED) is 0.758. The molecule has 1 aromatic heterocycles. The molecule has 3 nitrogen and oxygen atoms in total. The molecule has 1 aromatic rings. The molecule has 0 aromatic carbocycles. The Kier molecular flexibility index (Phi) is 4.11. The molecule has 17 heavy (non-hydrogen) atoms. The van der Waals surface area contributed by atoms with Gasteiger partial charge in [-0.15, -0.1) is 11.6 Å². The molecular formula is C13H18ClNO2. The van der Waals surface area contributed by atoms with Crippen molar-refractivity contribution in [2.45, 2.75) is 31.1 Å². The maximum absolute atomic E-state index is 11.8. The van der Waals surface area contributed by atoms with E-state index in [1.165, 1.54) is 0 Å². The summed E-state index contributed by atoms with van der Waals surface area (Å²) in [5.74, 6) is 1.64. The number of aryl methyl sites for hydroxylation is 1. The van der Waals surface area contributed by atoms with Crippen molar-refractivity contribution in [3.63, 3.8) is 0 Å². The minimum atomic E-state index is 0.180. The van der Waals surface area contributed by atoms with Gasteiger partial charge in [-0.25, -0.2) is 0 Å². The molecule has 1 fully saturated rings. The maximum Gasteiger partial charge on any atom is 0.222 e. The Balaban J connectivity index is 1.68. The molecule has 1 aliphatic carbocycles. The molecule has 1 aliphatic rings. The van der Waals surface area contributed by atoms with Gasteiger partial charge in [-0.05, 0) is 30.9 Å². The third-order valence-corrected chi connectivity index (χ3v) is 3.66. The van der Waals surface area contributed by atoms with E-state index in [9.17, 15) is 4.79 Å². The van der Waals surface area contributed by atoms with Crippen LogP contribution in [0.5, 0.6) is 0 Å². The molecule has 1 saturated carbocycles. The molecule has 1 heterocycles. The first-order valence-corrected chi connectivity index (χ1v) is 6.49. The molecule has 0 unspecified atom stereocenters. The molecule has 0 spiro atoms. The van der Waals surface area contributed by atoms with Crippen molar-refractivity contribution in [2.24, 2.45) is 5.92 Å². The lowest BCUT2D eigenvalue weighted by Gasteiger charge is -2.34. The molecule has 0 saturated heterocycles. The highest BCUT2D eigenvalue weighted by Gasteiger charge is 2.28.